The van der Waals surface area contributed by atoms with Gasteiger partial charge in [0.1, 0.15) is 11.8 Å². The van der Waals surface area contributed by atoms with Crippen LogP contribution in [0.1, 0.15) is 68.7 Å². The van der Waals surface area contributed by atoms with E-state index in [2.05, 4.69) is 42.0 Å². The maximum Gasteiger partial charge on any atom is 0.261 e. The summed E-state index contributed by atoms with van der Waals surface area (Å²) in [6.45, 7) is 8.67. The number of amides is 2. The van der Waals surface area contributed by atoms with E-state index < -0.39 is 6.04 Å². The molecule has 0 radical (unpaired) electrons. The van der Waals surface area contributed by atoms with Crippen molar-refractivity contribution in [1.29, 1.82) is 0 Å². The maximum atomic E-state index is 13.9. The molecule has 0 spiro atoms. The molecule has 1 N–H and O–H groups in total. The lowest BCUT2D eigenvalue weighted by Crippen LogP contribution is -2.53. The third kappa shape index (κ3) is 8.20. The van der Waals surface area contributed by atoms with Crippen molar-refractivity contribution < 1.29 is 14.3 Å². The average Bonchev–Trinajstić information content (AvgIpc) is 3.44. The fraction of sp³-hybridized carbons (Fsp3) is 0.412. The monoisotopic (exact) mass is 604 g/mol. The number of benzene rings is 3. The van der Waals surface area contributed by atoms with Crippen molar-refractivity contribution in [2.45, 2.75) is 83.8 Å². The predicted molar refractivity (Wildman–Crippen MR) is 164 cm³/mol. The zero-order valence-corrected chi connectivity index (χ0v) is 25.7. The van der Waals surface area contributed by atoms with Crippen molar-refractivity contribution in [2.75, 3.05) is 6.61 Å². The van der Waals surface area contributed by atoms with Gasteiger partial charge in [-0.3, -0.25) is 9.59 Å². The van der Waals surface area contributed by atoms with E-state index in [-0.39, 0.29) is 29.9 Å². The second kappa shape index (κ2) is 13.5. The second-order valence-electron chi connectivity index (χ2n) is 11.9. The van der Waals surface area contributed by atoms with Gasteiger partial charge < -0.3 is 15.0 Å². The number of nitrogens with zero attached hydrogens (tertiary/aromatic N) is 1. The first-order chi connectivity index (χ1) is 19.1. The van der Waals surface area contributed by atoms with E-state index in [9.17, 15) is 9.59 Å². The molecule has 1 fully saturated rings. The number of rotatable bonds is 10. The summed E-state index contributed by atoms with van der Waals surface area (Å²) >= 11 is 3.62. The lowest BCUT2D eigenvalue weighted by molar-refractivity contribution is -0.143. The van der Waals surface area contributed by atoms with Crippen molar-refractivity contribution in [2.24, 2.45) is 0 Å². The molecule has 212 valence electrons. The van der Waals surface area contributed by atoms with E-state index in [1.165, 1.54) is 5.56 Å². The van der Waals surface area contributed by atoms with E-state index in [0.717, 1.165) is 46.8 Å². The Bertz CT molecular complexity index is 1280. The number of aryl methyl sites for hydroxylation is 1. The van der Waals surface area contributed by atoms with Gasteiger partial charge in [0.2, 0.25) is 5.91 Å². The van der Waals surface area contributed by atoms with Gasteiger partial charge in [-0.15, -0.1) is 0 Å². The smallest absolute Gasteiger partial charge is 0.261 e. The van der Waals surface area contributed by atoms with Crippen LogP contribution < -0.4 is 10.1 Å². The highest BCUT2D eigenvalue weighted by molar-refractivity contribution is 9.10. The second-order valence-corrected chi connectivity index (χ2v) is 12.7. The Kier molecular flexibility index (Phi) is 10.1. The third-order valence-electron chi connectivity index (χ3n) is 7.60. The van der Waals surface area contributed by atoms with Crippen LogP contribution in [0.4, 0.5) is 0 Å². The molecule has 2 amide bonds. The zero-order valence-electron chi connectivity index (χ0n) is 24.1. The Morgan fingerprint density at radius 3 is 2.27 bits per heavy atom. The number of hydrogen-bond acceptors (Lipinski definition) is 3. The topological polar surface area (TPSA) is 58.6 Å². The Labute approximate surface area is 247 Å². The summed E-state index contributed by atoms with van der Waals surface area (Å²) < 4.78 is 6.85. The lowest BCUT2D eigenvalue weighted by atomic mass is 9.87. The largest absolute Gasteiger partial charge is 0.483 e. The Morgan fingerprint density at radius 1 is 0.975 bits per heavy atom. The fourth-order valence-electron chi connectivity index (χ4n) is 5.12. The first-order valence-electron chi connectivity index (χ1n) is 14.2. The summed E-state index contributed by atoms with van der Waals surface area (Å²) in [6, 6.07) is 23.5. The molecule has 1 aliphatic carbocycles. The van der Waals surface area contributed by atoms with Gasteiger partial charge >= 0.3 is 0 Å². The quantitative estimate of drug-likeness (QED) is 0.268. The molecule has 0 unspecified atom stereocenters. The molecule has 0 aromatic heterocycles. The van der Waals surface area contributed by atoms with Gasteiger partial charge in [-0.2, -0.15) is 0 Å². The standard InChI is InChI=1S/C34H41BrN2O3/c1-24-14-16-26(17-15-24)22-37(32(38)23-40-31-19-18-27(21-29(31)35)34(2,3)4)30(20-25-10-6-5-7-11-25)33(39)36-28-12-8-9-13-28/h5-7,10-11,14-19,21,28,30H,8-9,12-13,20,22-23H2,1-4H3,(H,36,39)/t30-/m1/s1. The van der Waals surface area contributed by atoms with E-state index in [1.807, 2.05) is 79.7 Å². The SMILES string of the molecule is Cc1ccc(CN(C(=O)COc2ccc(C(C)(C)C)cc2Br)[C@H](Cc2ccccc2)C(=O)NC2CCCC2)cc1. The first-order valence-corrected chi connectivity index (χ1v) is 15.0. The molecule has 0 heterocycles. The van der Waals surface area contributed by atoms with E-state index in [0.29, 0.717) is 18.7 Å². The Hall–Kier alpha value is -3.12. The molecule has 1 atom stereocenters. The number of carbonyl (C=O) groups excluding carboxylic acids is 2. The number of nitrogens with one attached hydrogen (secondary N) is 1. The number of hydrogen-bond donors (Lipinski definition) is 1. The number of halogens is 1. The van der Waals surface area contributed by atoms with Crippen molar-refractivity contribution >= 4 is 27.7 Å². The molecule has 3 aromatic rings. The normalized spacial score (nSPS) is 14.5. The average molecular weight is 606 g/mol. The van der Waals surface area contributed by atoms with Crippen LogP contribution in [0.3, 0.4) is 0 Å². The van der Waals surface area contributed by atoms with Crippen LogP contribution in [0.15, 0.2) is 77.3 Å². The van der Waals surface area contributed by atoms with Crippen LogP contribution in [0.5, 0.6) is 5.75 Å². The van der Waals surface area contributed by atoms with Crippen LogP contribution in [0, 0.1) is 6.92 Å². The highest BCUT2D eigenvalue weighted by Crippen LogP contribution is 2.31. The molecule has 0 bridgehead atoms. The predicted octanol–water partition coefficient (Wildman–Crippen LogP) is 7.13. The molecule has 1 saturated carbocycles. The molecule has 1 aliphatic rings. The molecule has 40 heavy (non-hydrogen) atoms. The van der Waals surface area contributed by atoms with Crippen molar-refractivity contribution in [3.63, 3.8) is 0 Å². The summed E-state index contributed by atoms with van der Waals surface area (Å²) in [5.41, 5.74) is 4.30. The Balaban J connectivity index is 1.60. The minimum Gasteiger partial charge on any atom is -0.483 e. The van der Waals surface area contributed by atoms with E-state index in [4.69, 9.17) is 4.74 Å². The minimum absolute atomic E-state index is 0.000947. The lowest BCUT2D eigenvalue weighted by Gasteiger charge is -2.32. The molecule has 3 aromatic carbocycles. The van der Waals surface area contributed by atoms with Gasteiger partial charge in [0, 0.05) is 19.0 Å². The minimum atomic E-state index is -0.660. The van der Waals surface area contributed by atoms with Crippen LogP contribution in [-0.2, 0) is 28.0 Å². The summed E-state index contributed by atoms with van der Waals surface area (Å²) in [5, 5.41) is 3.25. The highest BCUT2D eigenvalue weighted by atomic mass is 79.9. The summed E-state index contributed by atoms with van der Waals surface area (Å²) in [7, 11) is 0. The van der Waals surface area contributed by atoms with Gasteiger partial charge in [0.05, 0.1) is 4.47 Å². The zero-order chi connectivity index (χ0) is 28.7. The number of carbonyl (C=O) groups is 2. The summed E-state index contributed by atoms with van der Waals surface area (Å²) in [4.78, 5) is 29.4. The molecular weight excluding hydrogens is 564 g/mol. The van der Waals surface area contributed by atoms with Crippen molar-refractivity contribution in [3.05, 3.63) is 99.5 Å². The molecule has 0 aliphatic heterocycles. The van der Waals surface area contributed by atoms with Gasteiger partial charge in [-0.25, -0.2) is 0 Å². The van der Waals surface area contributed by atoms with Crippen LogP contribution in [0.2, 0.25) is 0 Å². The first kappa shape index (κ1) is 29.9. The van der Waals surface area contributed by atoms with E-state index >= 15 is 0 Å². The Morgan fingerprint density at radius 2 is 1.65 bits per heavy atom. The van der Waals surface area contributed by atoms with Crippen LogP contribution in [-0.4, -0.2) is 35.4 Å². The number of ether oxygens (including phenoxy) is 1. The highest BCUT2D eigenvalue weighted by Gasteiger charge is 2.32. The van der Waals surface area contributed by atoms with Gasteiger partial charge in [0.15, 0.2) is 6.61 Å². The van der Waals surface area contributed by atoms with E-state index in [1.54, 1.807) is 4.90 Å². The summed E-state index contributed by atoms with van der Waals surface area (Å²) in [5.74, 6) is 0.272. The van der Waals surface area contributed by atoms with Gasteiger partial charge in [-0.05, 0) is 69.9 Å². The van der Waals surface area contributed by atoms with Crippen molar-refractivity contribution in [3.8, 4) is 5.75 Å². The van der Waals surface area contributed by atoms with Gasteiger partial charge in [-0.1, -0.05) is 99.8 Å². The molecule has 5 nitrogen and oxygen atoms in total. The maximum absolute atomic E-state index is 13.9. The third-order valence-corrected chi connectivity index (χ3v) is 8.21. The van der Waals surface area contributed by atoms with Crippen LogP contribution >= 0.6 is 15.9 Å². The van der Waals surface area contributed by atoms with Crippen molar-refractivity contribution in [1.82, 2.24) is 10.2 Å². The molecule has 6 heteroatoms. The van der Waals surface area contributed by atoms with Crippen LogP contribution in [0.25, 0.3) is 0 Å². The molecular formula is C34H41BrN2O3. The summed E-state index contributed by atoms with van der Waals surface area (Å²) in [6.07, 6.45) is 4.64. The van der Waals surface area contributed by atoms with Gasteiger partial charge in [0.25, 0.3) is 5.91 Å². The molecule has 0 saturated heterocycles. The fourth-order valence-corrected chi connectivity index (χ4v) is 5.61. The molecule has 4 rings (SSSR count).